The minimum Gasteiger partial charge on any atom is -0.347 e. The van der Waals surface area contributed by atoms with Crippen LogP contribution < -0.4 is 5.32 Å². The van der Waals surface area contributed by atoms with E-state index < -0.39 is 0 Å². The first-order valence-electron chi connectivity index (χ1n) is 7.87. The zero-order valence-electron chi connectivity index (χ0n) is 14.4. The highest BCUT2D eigenvalue weighted by Gasteiger charge is 2.14. The van der Waals surface area contributed by atoms with Crippen molar-refractivity contribution in [2.24, 2.45) is 0 Å². The Morgan fingerprint density at radius 1 is 1.23 bits per heavy atom. The fraction of sp³-hybridized carbons (Fsp3) is 0.250. The third-order valence-corrected chi connectivity index (χ3v) is 3.60. The van der Waals surface area contributed by atoms with E-state index in [0.29, 0.717) is 5.82 Å². The van der Waals surface area contributed by atoms with Gasteiger partial charge in [-0.05, 0) is 12.1 Å². The molecule has 0 saturated heterocycles. The summed E-state index contributed by atoms with van der Waals surface area (Å²) >= 11 is 0. The standard InChI is InChI=1S/C16H18N8O2/c1-22(2)14(25)11-23-10-13(20-21-23)16(26)18-9-12-5-3-6-17-15(12)24-8-4-7-19-24/h3-8,10H,9,11H2,1-2H3,(H,18,26). The van der Waals surface area contributed by atoms with Crippen LogP contribution in [-0.4, -0.2) is 60.6 Å². The number of carbonyl (C=O) groups is 2. The van der Waals surface area contributed by atoms with Crippen LogP contribution in [0.5, 0.6) is 0 Å². The van der Waals surface area contributed by atoms with E-state index in [2.05, 4.69) is 25.7 Å². The fourth-order valence-corrected chi connectivity index (χ4v) is 2.19. The predicted octanol–water partition coefficient (Wildman–Crippen LogP) is -0.123. The number of rotatable bonds is 6. The molecule has 0 aliphatic carbocycles. The van der Waals surface area contributed by atoms with Crippen LogP contribution in [0, 0.1) is 0 Å². The number of hydrogen-bond donors (Lipinski definition) is 1. The fourth-order valence-electron chi connectivity index (χ4n) is 2.19. The van der Waals surface area contributed by atoms with E-state index in [1.54, 1.807) is 49.5 Å². The van der Waals surface area contributed by atoms with Crippen LogP contribution in [0.25, 0.3) is 5.82 Å². The minimum atomic E-state index is -0.385. The zero-order chi connectivity index (χ0) is 18.5. The van der Waals surface area contributed by atoms with Crippen LogP contribution in [0.1, 0.15) is 16.1 Å². The summed E-state index contributed by atoms with van der Waals surface area (Å²) in [4.78, 5) is 29.7. The highest BCUT2D eigenvalue weighted by molar-refractivity contribution is 5.91. The Morgan fingerprint density at radius 3 is 2.81 bits per heavy atom. The van der Waals surface area contributed by atoms with E-state index in [-0.39, 0.29) is 30.6 Å². The van der Waals surface area contributed by atoms with E-state index in [0.717, 1.165) is 5.56 Å². The number of carbonyl (C=O) groups excluding carboxylic acids is 2. The molecule has 3 aromatic rings. The van der Waals surface area contributed by atoms with Crippen molar-refractivity contribution in [1.29, 1.82) is 0 Å². The Labute approximate surface area is 149 Å². The maximum Gasteiger partial charge on any atom is 0.273 e. The molecule has 0 bridgehead atoms. The summed E-state index contributed by atoms with van der Waals surface area (Å²) in [6.45, 7) is 0.282. The van der Waals surface area contributed by atoms with Gasteiger partial charge in [0.05, 0.1) is 6.20 Å². The van der Waals surface area contributed by atoms with Crippen molar-refractivity contribution in [2.45, 2.75) is 13.1 Å². The molecule has 3 aromatic heterocycles. The molecule has 134 valence electrons. The molecule has 0 fully saturated rings. The van der Waals surface area contributed by atoms with E-state index >= 15 is 0 Å². The lowest BCUT2D eigenvalue weighted by Crippen LogP contribution is -2.26. The molecule has 10 heteroatoms. The summed E-state index contributed by atoms with van der Waals surface area (Å²) in [5.41, 5.74) is 0.945. The molecule has 10 nitrogen and oxygen atoms in total. The van der Waals surface area contributed by atoms with Crippen LogP contribution in [-0.2, 0) is 17.9 Å². The van der Waals surface area contributed by atoms with E-state index in [1.165, 1.54) is 15.8 Å². The molecule has 0 atom stereocenters. The second-order valence-corrected chi connectivity index (χ2v) is 5.71. The first-order valence-corrected chi connectivity index (χ1v) is 7.87. The van der Waals surface area contributed by atoms with Crippen LogP contribution >= 0.6 is 0 Å². The molecule has 0 saturated carbocycles. The van der Waals surface area contributed by atoms with Crippen LogP contribution in [0.3, 0.4) is 0 Å². The van der Waals surface area contributed by atoms with Crippen LogP contribution in [0.2, 0.25) is 0 Å². The van der Waals surface area contributed by atoms with Crippen molar-refractivity contribution in [1.82, 2.24) is 40.0 Å². The summed E-state index contributed by atoms with van der Waals surface area (Å²) in [5.74, 6) is 0.114. The summed E-state index contributed by atoms with van der Waals surface area (Å²) < 4.78 is 2.96. The average Bonchev–Trinajstić information content (AvgIpc) is 3.31. The summed E-state index contributed by atoms with van der Waals surface area (Å²) in [5, 5.41) is 14.5. The van der Waals surface area contributed by atoms with E-state index in [1.807, 2.05) is 6.07 Å². The topological polar surface area (TPSA) is 111 Å². The monoisotopic (exact) mass is 354 g/mol. The van der Waals surface area contributed by atoms with Gasteiger partial charge in [0.25, 0.3) is 5.91 Å². The molecule has 0 aromatic carbocycles. The Morgan fingerprint density at radius 2 is 2.08 bits per heavy atom. The van der Waals surface area contributed by atoms with Crippen molar-refractivity contribution in [2.75, 3.05) is 14.1 Å². The Kier molecular flexibility index (Phi) is 5.02. The lowest BCUT2D eigenvalue weighted by molar-refractivity contribution is -0.129. The largest absolute Gasteiger partial charge is 0.347 e. The number of amides is 2. The molecule has 26 heavy (non-hydrogen) atoms. The van der Waals surface area contributed by atoms with Gasteiger partial charge in [-0.15, -0.1) is 5.10 Å². The van der Waals surface area contributed by atoms with Crippen LogP contribution in [0.15, 0.2) is 43.0 Å². The van der Waals surface area contributed by atoms with Gasteiger partial charge in [-0.3, -0.25) is 9.59 Å². The lowest BCUT2D eigenvalue weighted by Gasteiger charge is -2.09. The molecule has 3 heterocycles. The molecule has 0 radical (unpaired) electrons. The van der Waals surface area contributed by atoms with Gasteiger partial charge in [-0.1, -0.05) is 11.3 Å². The van der Waals surface area contributed by atoms with Gasteiger partial charge in [0.15, 0.2) is 11.5 Å². The number of nitrogens with one attached hydrogen (secondary N) is 1. The maximum absolute atomic E-state index is 12.3. The molecular weight excluding hydrogens is 336 g/mol. The predicted molar refractivity (Wildman–Crippen MR) is 91.2 cm³/mol. The Bertz CT molecular complexity index is 901. The molecule has 0 aliphatic rings. The highest BCUT2D eigenvalue weighted by atomic mass is 16.2. The molecule has 0 unspecified atom stereocenters. The van der Waals surface area contributed by atoms with Crippen LogP contribution in [0.4, 0.5) is 0 Å². The minimum absolute atomic E-state index is 0.0271. The number of aromatic nitrogens is 6. The molecular formula is C16H18N8O2. The van der Waals surface area contributed by atoms with Gasteiger partial charge in [-0.25, -0.2) is 14.3 Å². The average molecular weight is 354 g/mol. The third-order valence-electron chi connectivity index (χ3n) is 3.60. The number of pyridine rings is 1. The van der Waals surface area contributed by atoms with Gasteiger partial charge in [0.1, 0.15) is 6.54 Å². The Hall–Kier alpha value is -3.56. The van der Waals surface area contributed by atoms with Crippen molar-refractivity contribution in [3.63, 3.8) is 0 Å². The van der Waals surface area contributed by atoms with Gasteiger partial charge in [-0.2, -0.15) is 5.10 Å². The first-order chi connectivity index (χ1) is 12.5. The molecule has 2 amide bonds. The van der Waals surface area contributed by atoms with E-state index in [4.69, 9.17) is 0 Å². The third kappa shape index (κ3) is 3.91. The number of nitrogens with zero attached hydrogens (tertiary/aromatic N) is 7. The van der Waals surface area contributed by atoms with E-state index in [9.17, 15) is 9.59 Å². The molecule has 1 N–H and O–H groups in total. The maximum atomic E-state index is 12.3. The highest BCUT2D eigenvalue weighted by Crippen LogP contribution is 2.10. The normalized spacial score (nSPS) is 10.5. The summed E-state index contributed by atoms with van der Waals surface area (Å²) in [7, 11) is 3.30. The molecule has 0 spiro atoms. The second-order valence-electron chi connectivity index (χ2n) is 5.71. The first kappa shape index (κ1) is 17.3. The molecule has 3 rings (SSSR count). The lowest BCUT2D eigenvalue weighted by atomic mass is 10.2. The Balaban J connectivity index is 1.65. The number of hydrogen-bond acceptors (Lipinski definition) is 6. The van der Waals surface area contributed by atoms with Gasteiger partial charge in [0.2, 0.25) is 5.91 Å². The van der Waals surface area contributed by atoms with Crippen molar-refractivity contribution in [3.8, 4) is 5.82 Å². The van der Waals surface area contributed by atoms with Gasteiger partial charge in [0, 0.05) is 44.8 Å². The van der Waals surface area contributed by atoms with Gasteiger partial charge >= 0.3 is 0 Å². The SMILES string of the molecule is CN(C)C(=O)Cn1cc(C(=O)NCc2cccnc2-n2cccn2)nn1. The van der Waals surface area contributed by atoms with Crippen molar-refractivity contribution >= 4 is 11.8 Å². The smallest absolute Gasteiger partial charge is 0.273 e. The van der Waals surface area contributed by atoms with Crippen molar-refractivity contribution in [3.05, 3.63) is 54.2 Å². The molecule has 0 aliphatic heterocycles. The zero-order valence-corrected chi connectivity index (χ0v) is 14.4. The second kappa shape index (κ2) is 7.55. The number of likely N-dealkylation sites (N-methyl/N-ethyl adjacent to an activating group) is 1. The summed E-state index contributed by atoms with van der Waals surface area (Å²) in [6.07, 6.45) is 6.54. The van der Waals surface area contributed by atoms with Gasteiger partial charge < -0.3 is 10.2 Å². The quantitative estimate of drug-likeness (QED) is 0.660. The summed E-state index contributed by atoms with van der Waals surface area (Å²) in [6, 6.07) is 5.44. The van der Waals surface area contributed by atoms with Crippen molar-refractivity contribution < 1.29 is 9.59 Å².